The molecule has 5 nitrogen and oxygen atoms in total. The van der Waals surface area contributed by atoms with Crippen LogP contribution in [0, 0.1) is 5.41 Å². The molecule has 0 bridgehead atoms. The zero-order valence-corrected chi connectivity index (χ0v) is 16.5. The molecule has 2 rings (SSSR count). The Labute approximate surface area is 156 Å². The highest BCUT2D eigenvalue weighted by molar-refractivity contribution is 6.31. The molecule has 0 aliphatic carbocycles. The Morgan fingerprint density at radius 1 is 1.28 bits per heavy atom. The summed E-state index contributed by atoms with van der Waals surface area (Å²) in [4.78, 5) is 4.85. The second-order valence-corrected chi connectivity index (χ2v) is 8.46. The lowest BCUT2D eigenvalue weighted by molar-refractivity contribution is 0.0339. The Hall–Kier alpha value is -1.01. The average molecular weight is 371 g/mol. The highest BCUT2D eigenvalue weighted by atomic mass is 35.5. The molecular weight excluding hydrogens is 340 g/mol. The van der Waals surface area contributed by atoms with Gasteiger partial charge in [-0.05, 0) is 23.5 Å². The first-order valence-electron chi connectivity index (χ1n) is 8.86. The summed E-state index contributed by atoms with van der Waals surface area (Å²) in [5.41, 5.74) is 1.19. The number of nitrogens with zero attached hydrogens (tertiary/aromatic N) is 2. The molecule has 1 heterocycles. The van der Waals surface area contributed by atoms with E-state index in [1.54, 1.807) is 6.07 Å². The summed E-state index contributed by atoms with van der Waals surface area (Å²) in [5.74, 6) is 0.502. The maximum absolute atomic E-state index is 9.82. The molecule has 1 fully saturated rings. The van der Waals surface area contributed by atoms with Gasteiger partial charge in [-0.15, -0.1) is 0 Å². The number of ether oxygens (including phenoxy) is 1. The third-order valence-corrected chi connectivity index (χ3v) is 4.92. The molecule has 1 aliphatic rings. The van der Waals surface area contributed by atoms with Gasteiger partial charge in [0.15, 0.2) is 11.5 Å². The van der Waals surface area contributed by atoms with Gasteiger partial charge in [-0.3, -0.25) is 9.80 Å². The van der Waals surface area contributed by atoms with Crippen LogP contribution in [-0.2, 0) is 6.54 Å². The lowest BCUT2D eigenvalue weighted by atomic mass is 9.94. The molecule has 142 valence electrons. The van der Waals surface area contributed by atoms with Crippen LogP contribution in [0.4, 0.5) is 0 Å². The summed E-state index contributed by atoms with van der Waals surface area (Å²) in [5, 5.41) is 19.8. The monoisotopic (exact) mass is 370 g/mol. The molecule has 1 unspecified atom stereocenters. The fourth-order valence-electron chi connectivity index (χ4n) is 3.45. The summed E-state index contributed by atoms with van der Waals surface area (Å²) < 4.78 is 5.19. The zero-order valence-electron chi connectivity index (χ0n) is 15.8. The van der Waals surface area contributed by atoms with Crippen molar-refractivity contribution in [3.63, 3.8) is 0 Å². The maximum Gasteiger partial charge on any atom is 0.160 e. The standard InChI is InChI=1S/C19H31ClN2O3/c1-19(2,3)13-22-7-6-21(12-15(22)5-8-23)11-14-9-18(25-4)17(24)10-16(14)20/h9-10,15,23-24H,5-8,11-13H2,1-4H3. The number of rotatable bonds is 6. The Balaban J connectivity index is 2.07. The number of aliphatic hydroxyl groups excluding tert-OH is 1. The van der Waals surface area contributed by atoms with E-state index >= 15 is 0 Å². The maximum atomic E-state index is 9.82. The minimum Gasteiger partial charge on any atom is -0.504 e. The molecule has 25 heavy (non-hydrogen) atoms. The normalized spacial score (nSPS) is 20.0. The Kier molecular flexibility index (Phi) is 6.97. The quantitative estimate of drug-likeness (QED) is 0.806. The molecule has 0 aromatic heterocycles. The number of hydrogen-bond donors (Lipinski definition) is 2. The van der Waals surface area contributed by atoms with Gasteiger partial charge in [-0.1, -0.05) is 32.4 Å². The summed E-state index contributed by atoms with van der Waals surface area (Å²) in [6.45, 7) is 11.5. The van der Waals surface area contributed by atoms with Gasteiger partial charge >= 0.3 is 0 Å². The number of aliphatic hydroxyl groups is 1. The molecule has 1 aliphatic heterocycles. The van der Waals surface area contributed by atoms with Crippen LogP contribution in [0.25, 0.3) is 0 Å². The number of halogens is 1. The number of piperazine rings is 1. The van der Waals surface area contributed by atoms with Gasteiger partial charge in [0.1, 0.15) is 0 Å². The average Bonchev–Trinajstić information content (AvgIpc) is 2.51. The molecular formula is C19H31ClN2O3. The van der Waals surface area contributed by atoms with E-state index in [0.29, 0.717) is 23.4 Å². The second-order valence-electron chi connectivity index (χ2n) is 8.05. The van der Waals surface area contributed by atoms with Crippen molar-refractivity contribution in [2.45, 2.75) is 39.8 Å². The fraction of sp³-hybridized carbons (Fsp3) is 0.684. The smallest absolute Gasteiger partial charge is 0.160 e. The molecule has 1 aromatic carbocycles. The van der Waals surface area contributed by atoms with Crippen molar-refractivity contribution in [1.82, 2.24) is 9.80 Å². The van der Waals surface area contributed by atoms with E-state index in [1.165, 1.54) is 13.2 Å². The van der Waals surface area contributed by atoms with Crippen molar-refractivity contribution in [2.24, 2.45) is 5.41 Å². The first kappa shape index (κ1) is 20.3. The number of phenolic OH excluding ortho intramolecular Hbond substituents is 1. The minimum absolute atomic E-state index is 0.0596. The molecule has 1 saturated heterocycles. The molecule has 0 spiro atoms. The molecule has 0 radical (unpaired) electrons. The largest absolute Gasteiger partial charge is 0.504 e. The zero-order chi connectivity index (χ0) is 18.6. The van der Waals surface area contributed by atoms with E-state index in [-0.39, 0.29) is 17.8 Å². The number of benzene rings is 1. The fourth-order valence-corrected chi connectivity index (χ4v) is 3.67. The van der Waals surface area contributed by atoms with Gasteiger partial charge in [-0.25, -0.2) is 0 Å². The highest BCUT2D eigenvalue weighted by Gasteiger charge is 2.29. The summed E-state index contributed by atoms with van der Waals surface area (Å²) in [6.07, 6.45) is 0.777. The summed E-state index contributed by atoms with van der Waals surface area (Å²) in [7, 11) is 1.54. The Morgan fingerprint density at radius 2 is 2.00 bits per heavy atom. The van der Waals surface area contributed by atoms with Crippen molar-refractivity contribution >= 4 is 11.6 Å². The molecule has 1 aromatic rings. The number of aromatic hydroxyl groups is 1. The van der Waals surface area contributed by atoms with Crippen LogP contribution >= 0.6 is 11.6 Å². The van der Waals surface area contributed by atoms with Crippen molar-refractivity contribution in [3.8, 4) is 11.5 Å². The molecule has 1 atom stereocenters. The SMILES string of the molecule is COc1cc(CN2CCN(CC(C)(C)C)C(CCO)C2)c(Cl)cc1O. The van der Waals surface area contributed by atoms with Crippen LogP contribution in [0.3, 0.4) is 0 Å². The predicted octanol–water partition coefficient (Wildman–Crippen LogP) is 2.97. The van der Waals surface area contributed by atoms with E-state index in [9.17, 15) is 10.2 Å². The lowest BCUT2D eigenvalue weighted by Gasteiger charge is -2.44. The lowest BCUT2D eigenvalue weighted by Crippen LogP contribution is -2.54. The molecule has 6 heteroatoms. The number of methoxy groups -OCH3 is 1. The van der Waals surface area contributed by atoms with Crippen molar-refractivity contribution < 1.29 is 14.9 Å². The van der Waals surface area contributed by atoms with E-state index in [4.69, 9.17) is 16.3 Å². The second kappa shape index (κ2) is 8.58. The van der Waals surface area contributed by atoms with Crippen LogP contribution in [0.2, 0.25) is 5.02 Å². The van der Waals surface area contributed by atoms with Crippen LogP contribution in [0.15, 0.2) is 12.1 Å². The topological polar surface area (TPSA) is 56.2 Å². The van der Waals surface area contributed by atoms with Crippen LogP contribution in [0.5, 0.6) is 11.5 Å². The summed E-state index contributed by atoms with van der Waals surface area (Å²) in [6, 6.07) is 3.69. The molecule has 0 saturated carbocycles. The van der Waals surface area contributed by atoms with Gasteiger partial charge in [0.2, 0.25) is 0 Å². The van der Waals surface area contributed by atoms with Crippen LogP contribution in [0.1, 0.15) is 32.8 Å². The predicted molar refractivity (Wildman–Crippen MR) is 101 cm³/mol. The number of phenols is 1. The van der Waals surface area contributed by atoms with Crippen molar-refractivity contribution in [1.29, 1.82) is 0 Å². The first-order chi connectivity index (χ1) is 11.7. The molecule has 2 N–H and O–H groups in total. The van der Waals surface area contributed by atoms with E-state index < -0.39 is 0 Å². The van der Waals surface area contributed by atoms with Crippen LogP contribution < -0.4 is 4.74 Å². The minimum atomic E-state index is 0.0596. The number of hydrogen-bond acceptors (Lipinski definition) is 5. The van der Waals surface area contributed by atoms with Crippen molar-refractivity contribution in [3.05, 3.63) is 22.7 Å². The Bertz CT molecular complexity index is 575. The van der Waals surface area contributed by atoms with Crippen molar-refractivity contribution in [2.75, 3.05) is 39.9 Å². The Morgan fingerprint density at radius 3 is 2.60 bits per heavy atom. The third-order valence-electron chi connectivity index (χ3n) is 4.57. The van der Waals surface area contributed by atoms with E-state index in [1.807, 2.05) is 0 Å². The van der Waals surface area contributed by atoms with E-state index in [0.717, 1.165) is 38.2 Å². The van der Waals surface area contributed by atoms with Gasteiger partial charge in [0.05, 0.1) is 7.11 Å². The first-order valence-corrected chi connectivity index (χ1v) is 9.24. The molecule has 0 amide bonds. The van der Waals surface area contributed by atoms with Gasteiger partial charge in [0.25, 0.3) is 0 Å². The van der Waals surface area contributed by atoms with Gasteiger partial charge in [-0.2, -0.15) is 0 Å². The highest BCUT2D eigenvalue weighted by Crippen LogP contribution is 2.33. The van der Waals surface area contributed by atoms with Crippen LogP contribution in [-0.4, -0.2) is 66.0 Å². The summed E-state index contributed by atoms with van der Waals surface area (Å²) >= 11 is 6.30. The van der Waals surface area contributed by atoms with Gasteiger partial charge < -0.3 is 14.9 Å². The van der Waals surface area contributed by atoms with Gasteiger partial charge in [0, 0.05) is 56.5 Å². The third kappa shape index (κ3) is 5.74. The van der Waals surface area contributed by atoms with E-state index in [2.05, 4.69) is 30.6 Å².